The Morgan fingerprint density at radius 2 is 1.93 bits per heavy atom. The zero-order valence-corrected chi connectivity index (χ0v) is 17.7. The van der Waals surface area contributed by atoms with E-state index in [1.54, 1.807) is 30.8 Å². The summed E-state index contributed by atoms with van der Waals surface area (Å²) in [6.07, 6.45) is 3.56. The van der Waals surface area contributed by atoms with Gasteiger partial charge in [0.2, 0.25) is 0 Å². The van der Waals surface area contributed by atoms with E-state index in [4.69, 9.17) is 14.5 Å². The minimum absolute atomic E-state index is 0.0885. The molecule has 1 N–H and O–H groups in total. The minimum atomic E-state index is 0.0885. The number of thiazole rings is 1. The summed E-state index contributed by atoms with van der Waals surface area (Å²) >= 11 is 1.70. The van der Waals surface area contributed by atoms with Gasteiger partial charge in [-0.1, -0.05) is 32.9 Å². The van der Waals surface area contributed by atoms with E-state index in [-0.39, 0.29) is 5.41 Å². The molecule has 0 spiro atoms. The van der Waals surface area contributed by atoms with Crippen molar-refractivity contribution < 1.29 is 9.47 Å². The largest absolute Gasteiger partial charge is 0.493 e. The van der Waals surface area contributed by atoms with Gasteiger partial charge in [-0.25, -0.2) is 4.98 Å². The van der Waals surface area contributed by atoms with Crippen molar-refractivity contribution in [2.45, 2.75) is 45.9 Å². The number of benzene rings is 1. The number of hydrogen-bond donors (Lipinski definition) is 1. The summed E-state index contributed by atoms with van der Waals surface area (Å²) in [4.78, 5) is 8.84. The van der Waals surface area contributed by atoms with Crippen molar-refractivity contribution in [3.05, 3.63) is 69.9 Å². The molecule has 0 saturated carbocycles. The fourth-order valence-electron chi connectivity index (χ4n) is 2.64. The summed E-state index contributed by atoms with van der Waals surface area (Å²) in [5, 5.41) is 6.71. The molecule has 0 aliphatic carbocycles. The molecule has 0 aliphatic heterocycles. The van der Waals surface area contributed by atoms with Crippen LogP contribution in [0.15, 0.2) is 48.1 Å². The van der Waals surface area contributed by atoms with Crippen LogP contribution in [0.3, 0.4) is 0 Å². The van der Waals surface area contributed by atoms with E-state index in [0.717, 1.165) is 46.4 Å². The Bertz CT molecular complexity index is 888. The number of nitrogens with one attached hydrogen (secondary N) is 1. The Kier molecular flexibility index (Phi) is 6.65. The zero-order chi connectivity index (χ0) is 20.0. The third-order valence-corrected chi connectivity index (χ3v) is 5.12. The van der Waals surface area contributed by atoms with Crippen molar-refractivity contribution in [3.63, 3.8) is 0 Å². The van der Waals surface area contributed by atoms with E-state index in [1.807, 2.05) is 30.3 Å². The number of methoxy groups -OCH3 is 1. The summed E-state index contributed by atoms with van der Waals surface area (Å²) in [6, 6.07) is 9.90. The van der Waals surface area contributed by atoms with Gasteiger partial charge in [-0.2, -0.15) is 0 Å². The molecular weight excluding hydrogens is 370 g/mol. The van der Waals surface area contributed by atoms with E-state index in [9.17, 15) is 0 Å². The van der Waals surface area contributed by atoms with Gasteiger partial charge in [0.25, 0.3) is 0 Å². The van der Waals surface area contributed by atoms with Crippen LogP contribution in [0.25, 0.3) is 0 Å². The molecule has 28 heavy (non-hydrogen) atoms. The molecule has 3 aromatic rings. The van der Waals surface area contributed by atoms with E-state index >= 15 is 0 Å². The second kappa shape index (κ2) is 9.17. The number of nitrogens with zero attached hydrogens (tertiary/aromatic N) is 2. The molecule has 0 saturated heterocycles. The molecule has 0 radical (unpaired) electrons. The highest BCUT2D eigenvalue weighted by Gasteiger charge is 2.17. The Hall–Kier alpha value is -2.44. The monoisotopic (exact) mass is 397 g/mol. The van der Waals surface area contributed by atoms with Crippen molar-refractivity contribution in [2.75, 3.05) is 7.11 Å². The number of ether oxygens (including phenoxy) is 2. The minimum Gasteiger partial charge on any atom is -0.493 e. The van der Waals surface area contributed by atoms with Crippen LogP contribution in [0.4, 0.5) is 0 Å². The fourth-order valence-corrected chi connectivity index (χ4v) is 3.63. The van der Waals surface area contributed by atoms with Crippen LogP contribution in [0.5, 0.6) is 11.5 Å². The van der Waals surface area contributed by atoms with E-state index in [0.29, 0.717) is 6.61 Å². The molecule has 0 amide bonds. The number of rotatable bonds is 8. The first-order valence-corrected chi connectivity index (χ1v) is 10.2. The average molecular weight is 398 g/mol. The Morgan fingerprint density at radius 3 is 2.61 bits per heavy atom. The number of hydrogen-bond acceptors (Lipinski definition) is 6. The lowest BCUT2D eigenvalue weighted by atomic mass is 9.93. The van der Waals surface area contributed by atoms with Gasteiger partial charge in [0.15, 0.2) is 11.5 Å². The lowest BCUT2D eigenvalue weighted by molar-refractivity contribution is 0.283. The molecule has 6 heteroatoms. The van der Waals surface area contributed by atoms with Crippen LogP contribution in [0.1, 0.15) is 42.6 Å². The highest BCUT2D eigenvalue weighted by molar-refractivity contribution is 7.09. The normalized spacial score (nSPS) is 11.4. The van der Waals surface area contributed by atoms with Gasteiger partial charge in [0, 0.05) is 41.8 Å². The molecule has 0 unspecified atom stereocenters. The second-order valence-corrected chi connectivity index (χ2v) is 8.56. The maximum Gasteiger partial charge on any atom is 0.161 e. The molecule has 3 rings (SSSR count). The van der Waals surface area contributed by atoms with Gasteiger partial charge in [-0.3, -0.25) is 4.98 Å². The quantitative estimate of drug-likeness (QED) is 0.596. The summed E-state index contributed by atoms with van der Waals surface area (Å²) in [7, 11) is 1.65. The summed E-state index contributed by atoms with van der Waals surface area (Å²) in [5.41, 5.74) is 3.39. The van der Waals surface area contributed by atoms with Crippen LogP contribution >= 0.6 is 11.3 Å². The van der Waals surface area contributed by atoms with Crippen LogP contribution < -0.4 is 14.8 Å². The van der Waals surface area contributed by atoms with E-state index in [1.165, 1.54) is 0 Å². The predicted octanol–water partition coefficient (Wildman–Crippen LogP) is 4.71. The van der Waals surface area contributed by atoms with Gasteiger partial charge in [-0.05, 0) is 23.8 Å². The molecular formula is C22H27N3O2S. The molecule has 0 aliphatic rings. The molecule has 2 aromatic heterocycles. The zero-order valence-electron chi connectivity index (χ0n) is 16.9. The summed E-state index contributed by atoms with van der Waals surface area (Å²) in [6.45, 7) is 8.49. The number of aromatic nitrogens is 2. The molecule has 5 nitrogen and oxygen atoms in total. The molecule has 2 heterocycles. The first-order valence-electron chi connectivity index (χ1n) is 9.30. The van der Waals surface area contributed by atoms with Crippen molar-refractivity contribution in [2.24, 2.45) is 0 Å². The van der Waals surface area contributed by atoms with Crippen LogP contribution in [0.2, 0.25) is 0 Å². The Balaban J connectivity index is 1.58. The smallest absolute Gasteiger partial charge is 0.161 e. The van der Waals surface area contributed by atoms with E-state index in [2.05, 4.69) is 36.5 Å². The summed E-state index contributed by atoms with van der Waals surface area (Å²) < 4.78 is 11.4. The average Bonchev–Trinajstić information content (AvgIpc) is 3.17. The molecule has 0 atom stereocenters. The Morgan fingerprint density at radius 1 is 1.07 bits per heavy atom. The molecule has 1 aromatic carbocycles. The third-order valence-electron chi connectivity index (χ3n) is 4.27. The molecule has 148 valence electrons. The first-order chi connectivity index (χ1) is 13.5. The maximum absolute atomic E-state index is 5.96. The van der Waals surface area contributed by atoms with Gasteiger partial charge in [0.05, 0.1) is 12.8 Å². The van der Waals surface area contributed by atoms with Gasteiger partial charge < -0.3 is 14.8 Å². The molecule has 0 fully saturated rings. The fraction of sp³-hybridized carbons (Fsp3) is 0.364. The maximum atomic E-state index is 5.96. The second-order valence-electron chi connectivity index (χ2n) is 7.62. The summed E-state index contributed by atoms with van der Waals surface area (Å²) in [5.74, 6) is 1.46. The van der Waals surface area contributed by atoms with Gasteiger partial charge >= 0.3 is 0 Å². The lowest BCUT2D eigenvalue weighted by Crippen LogP contribution is -2.14. The van der Waals surface area contributed by atoms with Crippen molar-refractivity contribution in [1.82, 2.24) is 15.3 Å². The topological polar surface area (TPSA) is 56.3 Å². The predicted molar refractivity (Wildman–Crippen MR) is 113 cm³/mol. The van der Waals surface area contributed by atoms with Gasteiger partial charge in [0.1, 0.15) is 11.6 Å². The lowest BCUT2D eigenvalue weighted by Gasteiger charge is -2.14. The number of pyridine rings is 1. The van der Waals surface area contributed by atoms with Crippen molar-refractivity contribution in [1.29, 1.82) is 0 Å². The first kappa shape index (κ1) is 20.3. The molecule has 0 bridgehead atoms. The highest BCUT2D eigenvalue weighted by atomic mass is 32.1. The highest BCUT2D eigenvalue weighted by Crippen LogP contribution is 2.29. The van der Waals surface area contributed by atoms with E-state index < -0.39 is 0 Å². The van der Waals surface area contributed by atoms with Crippen LogP contribution in [0, 0.1) is 0 Å². The standard InChI is InChI=1S/C22H27N3O2S/c1-22(2,3)20-15-28-21(25-20)13-24-11-16-7-8-18(26-4)19(10-16)27-14-17-6-5-9-23-12-17/h5-10,12,15,24H,11,13-14H2,1-4H3. The third kappa shape index (κ3) is 5.53. The van der Waals surface area contributed by atoms with Crippen LogP contribution in [-0.4, -0.2) is 17.1 Å². The SMILES string of the molecule is COc1ccc(CNCc2nc(C(C)(C)C)cs2)cc1OCc1cccnc1. The van der Waals surface area contributed by atoms with Crippen molar-refractivity contribution in [3.8, 4) is 11.5 Å². The van der Waals surface area contributed by atoms with Crippen LogP contribution in [-0.2, 0) is 25.1 Å². The van der Waals surface area contributed by atoms with Gasteiger partial charge in [-0.15, -0.1) is 11.3 Å². The Labute approximate surface area is 170 Å². The van der Waals surface area contributed by atoms with Crippen molar-refractivity contribution >= 4 is 11.3 Å².